The number of rotatable bonds is 0. The van der Waals surface area contributed by atoms with Crippen LogP contribution < -0.4 is 0 Å². The maximum Gasteiger partial charge on any atom is -0.0235 e. The summed E-state index contributed by atoms with van der Waals surface area (Å²) in [5, 5.41) is 0. The third kappa shape index (κ3) is 0.789. The molecule has 0 nitrogen and oxygen atoms in total. The van der Waals surface area contributed by atoms with E-state index in [1.54, 1.807) is 25.7 Å². The zero-order chi connectivity index (χ0) is 9.27. The van der Waals surface area contributed by atoms with Crippen LogP contribution >= 0.6 is 0 Å². The van der Waals surface area contributed by atoms with Gasteiger partial charge in [0.15, 0.2) is 0 Å². The predicted molar refractivity (Wildman–Crippen MR) is 55.4 cm³/mol. The maximum atomic E-state index is 2.46. The molecule has 13 heavy (non-hydrogen) atoms. The van der Waals surface area contributed by atoms with Gasteiger partial charge in [-0.05, 0) is 54.3 Å². The highest BCUT2D eigenvalue weighted by Crippen LogP contribution is 2.77. The van der Waals surface area contributed by atoms with Crippen molar-refractivity contribution in [1.82, 2.24) is 0 Å². The average molecular weight is 178 g/mol. The van der Waals surface area contributed by atoms with Crippen molar-refractivity contribution < 1.29 is 0 Å². The van der Waals surface area contributed by atoms with E-state index in [4.69, 9.17) is 0 Å². The number of hydrogen-bond donors (Lipinski definition) is 0. The highest BCUT2D eigenvalue weighted by Gasteiger charge is 2.69. The Hall–Kier alpha value is 0. The summed E-state index contributed by atoms with van der Waals surface area (Å²) in [5.74, 6) is 3.34. The van der Waals surface area contributed by atoms with E-state index >= 15 is 0 Å². The lowest BCUT2D eigenvalue weighted by molar-refractivity contribution is -0.217. The van der Waals surface area contributed by atoms with Crippen LogP contribution in [0.3, 0.4) is 0 Å². The molecule has 0 aromatic rings. The van der Waals surface area contributed by atoms with Crippen LogP contribution in [0.15, 0.2) is 0 Å². The third-order valence-electron chi connectivity index (χ3n) is 5.42. The van der Waals surface area contributed by atoms with Crippen molar-refractivity contribution in [3.63, 3.8) is 0 Å². The van der Waals surface area contributed by atoms with Crippen LogP contribution in [0, 0.1) is 28.6 Å². The molecule has 4 unspecified atom stereocenters. The predicted octanol–water partition coefficient (Wildman–Crippen LogP) is 3.86. The summed E-state index contributed by atoms with van der Waals surface area (Å²) in [7, 11) is 0. The minimum absolute atomic E-state index is 0.587. The Morgan fingerprint density at radius 3 is 2.23 bits per heavy atom. The van der Waals surface area contributed by atoms with Gasteiger partial charge in [-0.25, -0.2) is 0 Å². The average Bonchev–Trinajstić information content (AvgIpc) is 2.38. The van der Waals surface area contributed by atoms with Crippen LogP contribution in [-0.4, -0.2) is 0 Å². The Balaban J connectivity index is 1.87. The molecule has 0 amide bonds. The second kappa shape index (κ2) is 2.15. The topological polar surface area (TPSA) is 0 Å². The molecular weight excluding hydrogens is 156 g/mol. The van der Waals surface area contributed by atoms with Crippen molar-refractivity contribution in [2.75, 3.05) is 0 Å². The van der Waals surface area contributed by atoms with Crippen LogP contribution in [0.1, 0.15) is 52.9 Å². The molecule has 3 saturated carbocycles. The van der Waals surface area contributed by atoms with Crippen LogP contribution in [-0.2, 0) is 0 Å². The molecule has 4 atom stereocenters. The van der Waals surface area contributed by atoms with Gasteiger partial charge in [0.1, 0.15) is 0 Å². The molecule has 3 fully saturated rings. The molecular formula is C13H22. The van der Waals surface area contributed by atoms with Gasteiger partial charge in [0.25, 0.3) is 0 Å². The van der Waals surface area contributed by atoms with Crippen molar-refractivity contribution in [3.8, 4) is 0 Å². The molecule has 3 aliphatic rings. The molecule has 0 aromatic heterocycles. The third-order valence-corrected chi connectivity index (χ3v) is 5.42. The molecule has 1 spiro atoms. The Bertz CT molecular complexity index is 235. The van der Waals surface area contributed by atoms with Crippen molar-refractivity contribution >= 4 is 0 Å². The summed E-state index contributed by atoms with van der Waals surface area (Å²) in [6, 6.07) is 0. The summed E-state index contributed by atoms with van der Waals surface area (Å²) in [6.45, 7) is 7.37. The van der Waals surface area contributed by atoms with E-state index in [1.807, 2.05) is 0 Å². The van der Waals surface area contributed by atoms with Crippen LogP contribution in [0.2, 0.25) is 0 Å². The van der Waals surface area contributed by atoms with Crippen molar-refractivity contribution in [2.24, 2.45) is 28.6 Å². The van der Waals surface area contributed by atoms with E-state index in [1.165, 1.54) is 6.42 Å². The van der Waals surface area contributed by atoms with Gasteiger partial charge in [0, 0.05) is 0 Å². The van der Waals surface area contributed by atoms with E-state index in [2.05, 4.69) is 20.8 Å². The smallest absolute Gasteiger partial charge is 0.0235 e. The summed E-state index contributed by atoms with van der Waals surface area (Å²) < 4.78 is 0. The molecule has 74 valence electrons. The molecule has 0 heteroatoms. The minimum Gasteiger partial charge on any atom is -0.0599 e. The normalized spacial score (nSPS) is 53.3. The second-order valence-corrected chi connectivity index (χ2v) is 6.77. The molecule has 0 aromatic carbocycles. The summed E-state index contributed by atoms with van der Waals surface area (Å²) in [5.41, 5.74) is 1.49. The fourth-order valence-electron chi connectivity index (χ4n) is 5.02. The molecule has 0 aliphatic heterocycles. The van der Waals surface area contributed by atoms with Gasteiger partial charge in [0.2, 0.25) is 0 Å². The van der Waals surface area contributed by atoms with E-state index in [0.717, 1.165) is 23.2 Å². The molecule has 0 heterocycles. The van der Waals surface area contributed by atoms with Gasteiger partial charge >= 0.3 is 0 Å². The van der Waals surface area contributed by atoms with Crippen molar-refractivity contribution in [3.05, 3.63) is 0 Å². The summed E-state index contributed by atoms with van der Waals surface area (Å²) in [4.78, 5) is 0. The maximum absolute atomic E-state index is 2.46. The lowest BCUT2D eigenvalue weighted by atomic mass is 9.35. The second-order valence-electron chi connectivity index (χ2n) is 6.77. The first kappa shape index (κ1) is 8.32. The zero-order valence-electron chi connectivity index (χ0n) is 9.27. The van der Waals surface area contributed by atoms with Crippen LogP contribution in [0.5, 0.6) is 0 Å². The van der Waals surface area contributed by atoms with Crippen molar-refractivity contribution in [1.29, 1.82) is 0 Å². The van der Waals surface area contributed by atoms with Crippen molar-refractivity contribution in [2.45, 2.75) is 52.9 Å². The lowest BCUT2D eigenvalue weighted by Crippen LogP contribution is -2.63. The molecule has 3 rings (SSSR count). The molecule has 0 N–H and O–H groups in total. The van der Waals surface area contributed by atoms with E-state index in [0.29, 0.717) is 5.41 Å². The standard InChI is InChI=1S/C13H22/c1-12(2,3)11-9-5-4-7-13(9)8-6-10(11)13/h9-11H,4-8H2,1-3H3. The van der Waals surface area contributed by atoms with Gasteiger partial charge in [-0.3, -0.25) is 0 Å². The first-order chi connectivity index (χ1) is 6.06. The van der Waals surface area contributed by atoms with E-state index in [9.17, 15) is 0 Å². The lowest BCUT2D eigenvalue weighted by Gasteiger charge is -2.70. The summed E-state index contributed by atoms with van der Waals surface area (Å²) in [6.07, 6.45) is 7.80. The first-order valence-electron chi connectivity index (χ1n) is 6.06. The Labute approximate surface area is 82.1 Å². The fraction of sp³-hybridized carbons (Fsp3) is 1.00. The Morgan fingerprint density at radius 2 is 1.69 bits per heavy atom. The largest absolute Gasteiger partial charge is 0.0599 e. The SMILES string of the molecule is CC(C)(C)C1C2CCCC23CCC13. The van der Waals surface area contributed by atoms with Crippen LogP contribution in [0.4, 0.5) is 0 Å². The van der Waals surface area contributed by atoms with Crippen LogP contribution in [0.25, 0.3) is 0 Å². The molecule has 0 saturated heterocycles. The van der Waals surface area contributed by atoms with Gasteiger partial charge in [-0.1, -0.05) is 27.2 Å². The monoisotopic (exact) mass is 178 g/mol. The zero-order valence-corrected chi connectivity index (χ0v) is 9.27. The van der Waals surface area contributed by atoms with E-state index in [-0.39, 0.29) is 0 Å². The minimum atomic E-state index is 0.587. The highest BCUT2D eigenvalue weighted by atomic mass is 14.7. The quantitative estimate of drug-likeness (QED) is 0.528. The van der Waals surface area contributed by atoms with Gasteiger partial charge in [-0.15, -0.1) is 0 Å². The molecule has 0 bridgehead atoms. The number of hydrogen-bond acceptors (Lipinski definition) is 0. The molecule has 0 radical (unpaired) electrons. The van der Waals surface area contributed by atoms with E-state index < -0.39 is 0 Å². The Kier molecular flexibility index (Phi) is 1.37. The van der Waals surface area contributed by atoms with Gasteiger partial charge in [0.05, 0.1) is 0 Å². The highest BCUT2D eigenvalue weighted by molar-refractivity contribution is 5.18. The first-order valence-corrected chi connectivity index (χ1v) is 6.06. The van der Waals surface area contributed by atoms with Gasteiger partial charge in [-0.2, -0.15) is 0 Å². The summed E-state index contributed by atoms with van der Waals surface area (Å²) >= 11 is 0. The Morgan fingerprint density at radius 1 is 1.00 bits per heavy atom. The molecule has 3 aliphatic carbocycles. The fourth-order valence-corrected chi connectivity index (χ4v) is 5.02. The van der Waals surface area contributed by atoms with Gasteiger partial charge < -0.3 is 0 Å².